The highest BCUT2D eigenvalue weighted by molar-refractivity contribution is 5.99. The number of hydrogen-bond donors (Lipinski definition) is 1. The molecule has 2 heterocycles. The molecular formula is C17H13N3O3. The quantitative estimate of drug-likeness (QED) is 0.578. The maximum absolute atomic E-state index is 12.0. The average Bonchev–Trinajstić information content (AvgIpc) is 3.15. The third-order valence-electron chi connectivity index (χ3n) is 3.21. The van der Waals surface area contributed by atoms with Crippen LogP contribution in [0.5, 0.6) is 0 Å². The zero-order valence-corrected chi connectivity index (χ0v) is 12.1. The number of carbonyl (C=O) groups excluding carboxylic acids is 2. The van der Waals surface area contributed by atoms with E-state index in [1.807, 2.05) is 0 Å². The highest BCUT2D eigenvalue weighted by Gasteiger charge is 2.12. The predicted molar refractivity (Wildman–Crippen MR) is 82.9 cm³/mol. The van der Waals surface area contributed by atoms with Crippen LogP contribution in [0.25, 0.3) is 11.4 Å². The molecule has 1 aromatic carbocycles. The second-order valence-corrected chi connectivity index (χ2v) is 4.76. The molecule has 0 amide bonds. The van der Waals surface area contributed by atoms with E-state index >= 15 is 0 Å². The van der Waals surface area contributed by atoms with Gasteiger partial charge in [0.1, 0.15) is 5.82 Å². The summed E-state index contributed by atoms with van der Waals surface area (Å²) in [5.41, 5.74) is 1.64. The van der Waals surface area contributed by atoms with Gasteiger partial charge in [0.25, 0.3) is 0 Å². The second-order valence-electron chi connectivity index (χ2n) is 4.76. The Morgan fingerprint density at radius 2 is 1.87 bits per heavy atom. The van der Waals surface area contributed by atoms with Crippen molar-refractivity contribution in [2.24, 2.45) is 0 Å². The number of Topliss-reactive ketones (excluding diaryl/α,β-unsaturated/α-hetero) is 1. The Morgan fingerprint density at radius 1 is 1.04 bits per heavy atom. The minimum absolute atomic E-state index is 0.293. The summed E-state index contributed by atoms with van der Waals surface area (Å²) in [6, 6.07) is 10.1. The van der Waals surface area contributed by atoms with Gasteiger partial charge in [0, 0.05) is 35.9 Å². The third kappa shape index (κ3) is 3.49. The Bertz CT molecular complexity index is 797. The summed E-state index contributed by atoms with van der Waals surface area (Å²) in [5, 5.41) is 0. The van der Waals surface area contributed by atoms with E-state index < -0.39 is 5.97 Å². The average molecular weight is 307 g/mol. The maximum Gasteiger partial charge on any atom is 0.338 e. The van der Waals surface area contributed by atoms with Crippen molar-refractivity contribution in [3.05, 3.63) is 72.3 Å². The number of nitrogens with zero attached hydrogens (tertiary/aromatic N) is 2. The van der Waals surface area contributed by atoms with E-state index in [2.05, 4.69) is 15.0 Å². The molecular weight excluding hydrogens is 294 g/mol. The predicted octanol–water partition coefficient (Wildman–Crippen LogP) is 2.51. The number of imidazole rings is 1. The number of pyridine rings is 1. The van der Waals surface area contributed by atoms with Gasteiger partial charge >= 0.3 is 5.97 Å². The third-order valence-corrected chi connectivity index (χ3v) is 3.21. The van der Waals surface area contributed by atoms with Crippen LogP contribution in [0.1, 0.15) is 20.7 Å². The molecule has 6 nitrogen and oxygen atoms in total. The molecule has 0 saturated heterocycles. The van der Waals surface area contributed by atoms with E-state index in [0.29, 0.717) is 11.1 Å². The molecule has 0 unspecified atom stereocenters. The van der Waals surface area contributed by atoms with Gasteiger partial charge < -0.3 is 9.72 Å². The van der Waals surface area contributed by atoms with Gasteiger partial charge in [-0.1, -0.05) is 12.1 Å². The van der Waals surface area contributed by atoms with Crippen molar-refractivity contribution < 1.29 is 14.3 Å². The van der Waals surface area contributed by atoms with Gasteiger partial charge in [-0.3, -0.25) is 9.78 Å². The zero-order chi connectivity index (χ0) is 16.1. The van der Waals surface area contributed by atoms with Crippen LogP contribution in [0.3, 0.4) is 0 Å². The number of benzene rings is 1. The molecule has 23 heavy (non-hydrogen) atoms. The van der Waals surface area contributed by atoms with Crippen LogP contribution < -0.4 is 0 Å². The van der Waals surface area contributed by atoms with Crippen molar-refractivity contribution in [2.75, 3.05) is 6.61 Å². The molecule has 0 bridgehead atoms. The van der Waals surface area contributed by atoms with E-state index in [-0.39, 0.29) is 12.4 Å². The first kappa shape index (κ1) is 14.6. The lowest BCUT2D eigenvalue weighted by Gasteiger charge is -2.05. The van der Waals surface area contributed by atoms with Crippen molar-refractivity contribution in [3.63, 3.8) is 0 Å². The van der Waals surface area contributed by atoms with E-state index in [0.717, 1.165) is 11.4 Å². The van der Waals surface area contributed by atoms with Crippen molar-refractivity contribution in [2.45, 2.75) is 0 Å². The van der Waals surface area contributed by atoms with Crippen LogP contribution in [0.4, 0.5) is 0 Å². The van der Waals surface area contributed by atoms with Crippen molar-refractivity contribution in [3.8, 4) is 11.4 Å². The molecule has 114 valence electrons. The molecule has 2 aromatic heterocycles. The number of carbonyl (C=O) groups is 2. The fourth-order valence-electron chi connectivity index (χ4n) is 2.01. The molecule has 0 spiro atoms. The number of ketones is 1. The second kappa shape index (κ2) is 6.65. The fourth-order valence-corrected chi connectivity index (χ4v) is 2.01. The Morgan fingerprint density at radius 3 is 2.52 bits per heavy atom. The largest absolute Gasteiger partial charge is 0.454 e. The lowest BCUT2D eigenvalue weighted by molar-refractivity contribution is 0.0474. The van der Waals surface area contributed by atoms with E-state index in [4.69, 9.17) is 4.74 Å². The highest BCUT2D eigenvalue weighted by Crippen LogP contribution is 2.15. The van der Waals surface area contributed by atoms with E-state index in [9.17, 15) is 9.59 Å². The molecule has 0 fully saturated rings. The van der Waals surface area contributed by atoms with Gasteiger partial charge in [0.15, 0.2) is 6.61 Å². The number of rotatable bonds is 5. The number of hydrogen-bond acceptors (Lipinski definition) is 5. The number of nitrogens with one attached hydrogen (secondary N) is 1. The smallest absolute Gasteiger partial charge is 0.338 e. The lowest BCUT2D eigenvalue weighted by Crippen LogP contribution is -2.14. The van der Waals surface area contributed by atoms with Gasteiger partial charge in [-0.25, -0.2) is 9.78 Å². The van der Waals surface area contributed by atoms with Crippen LogP contribution in [-0.4, -0.2) is 33.3 Å². The van der Waals surface area contributed by atoms with Crippen LogP contribution >= 0.6 is 0 Å². The first-order chi connectivity index (χ1) is 11.2. The summed E-state index contributed by atoms with van der Waals surface area (Å²) in [7, 11) is 0. The molecule has 0 saturated carbocycles. The minimum atomic E-state index is -0.548. The summed E-state index contributed by atoms with van der Waals surface area (Å²) < 4.78 is 5.04. The van der Waals surface area contributed by atoms with Crippen molar-refractivity contribution >= 4 is 11.8 Å². The molecule has 0 aliphatic carbocycles. The van der Waals surface area contributed by atoms with Gasteiger partial charge in [0.05, 0.1) is 5.56 Å². The number of aromatic nitrogens is 3. The molecule has 1 N–H and O–H groups in total. The summed E-state index contributed by atoms with van der Waals surface area (Å²) in [6.45, 7) is -0.315. The van der Waals surface area contributed by atoms with Crippen LogP contribution in [0.2, 0.25) is 0 Å². The molecule has 0 atom stereocenters. The lowest BCUT2D eigenvalue weighted by atomic mass is 10.1. The summed E-state index contributed by atoms with van der Waals surface area (Å²) >= 11 is 0. The Labute approximate surface area is 132 Å². The Kier molecular flexibility index (Phi) is 4.24. The Hall–Kier alpha value is -3.28. The topological polar surface area (TPSA) is 84.9 Å². The monoisotopic (exact) mass is 307 g/mol. The van der Waals surface area contributed by atoms with E-state index in [1.54, 1.807) is 55.0 Å². The molecule has 3 rings (SSSR count). The summed E-state index contributed by atoms with van der Waals surface area (Å²) in [6.07, 6.45) is 6.39. The van der Waals surface area contributed by atoms with E-state index in [1.165, 1.54) is 6.20 Å². The van der Waals surface area contributed by atoms with Crippen LogP contribution in [0.15, 0.2) is 61.2 Å². The number of ether oxygens (including phenoxy) is 1. The molecule has 0 aliphatic heterocycles. The minimum Gasteiger partial charge on any atom is -0.454 e. The van der Waals surface area contributed by atoms with Gasteiger partial charge in [-0.05, 0) is 24.3 Å². The molecule has 3 aromatic rings. The van der Waals surface area contributed by atoms with Crippen molar-refractivity contribution in [1.82, 2.24) is 15.0 Å². The number of H-pyrrole nitrogens is 1. The van der Waals surface area contributed by atoms with Crippen LogP contribution in [-0.2, 0) is 4.74 Å². The Balaban J connectivity index is 1.61. The van der Waals surface area contributed by atoms with Crippen LogP contribution in [0, 0.1) is 0 Å². The number of esters is 1. The van der Waals surface area contributed by atoms with Crippen molar-refractivity contribution in [1.29, 1.82) is 0 Å². The normalized spacial score (nSPS) is 10.3. The zero-order valence-electron chi connectivity index (χ0n) is 12.1. The summed E-state index contributed by atoms with van der Waals surface area (Å²) in [5.74, 6) is -0.122. The first-order valence-electron chi connectivity index (χ1n) is 6.94. The molecule has 6 heteroatoms. The summed E-state index contributed by atoms with van der Waals surface area (Å²) in [4.78, 5) is 34.8. The van der Waals surface area contributed by atoms with Gasteiger partial charge in [-0.15, -0.1) is 0 Å². The SMILES string of the molecule is O=C(COC(=O)c1ccc(-c2ncc[nH]2)cc1)c1cccnc1. The highest BCUT2D eigenvalue weighted by atomic mass is 16.5. The van der Waals surface area contributed by atoms with Gasteiger partial charge in [-0.2, -0.15) is 0 Å². The molecule has 0 aliphatic rings. The standard InChI is InChI=1S/C17H13N3O3/c21-15(14-2-1-7-18-10-14)11-23-17(22)13-5-3-12(4-6-13)16-19-8-9-20-16/h1-10H,11H2,(H,19,20). The fraction of sp³-hybridized carbons (Fsp3) is 0.0588. The first-order valence-corrected chi connectivity index (χ1v) is 6.94. The number of aromatic amines is 1. The molecule has 0 radical (unpaired) electrons. The van der Waals surface area contributed by atoms with Gasteiger partial charge in [0.2, 0.25) is 5.78 Å². The maximum atomic E-state index is 12.0.